The van der Waals surface area contributed by atoms with Gasteiger partial charge >= 0.3 is 17.9 Å². The summed E-state index contributed by atoms with van der Waals surface area (Å²) in [7, 11) is 0. The second-order valence-electron chi connectivity index (χ2n) is 9.94. The van der Waals surface area contributed by atoms with E-state index >= 15 is 0 Å². The van der Waals surface area contributed by atoms with Crippen LogP contribution in [0, 0.1) is 12.8 Å². The standard InChI is InChI=1S/C30H31NO11/c1-15-11-20(21-6-5-19-9-10-31-29(37)22(19)12-21)7-8-24(15)41-30-23(13-26(35)36)27(39-17(3)33)28(40-18(4)34)25(42-30)14-38-16(2)32/h5-12,23,25,27-28,30H,13-14H2,1-4H3,(H,31,37)(H,35,36)/p-1. The number of hydrogen-bond donors (Lipinski definition) is 1. The molecule has 1 aliphatic heterocycles. The Morgan fingerprint density at radius 1 is 0.905 bits per heavy atom. The molecule has 0 aliphatic carbocycles. The lowest BCUT2D eigenvalue weighted by Gasteiger charge is -2.45. The van der Waals surface area contributed by atoms with Crippen molar-refractivity contribution in [2.45, 2.75) is 58.7 Å². The number of aliphatic carboxylic acids is 1. The van der Waals surface area contributed by atoms with E-state index in [1.807, 2.05) is 18.2 Å². The molecule has 12 heteroatoms. The van der Waals surface area contributed by atoms with Gasteiger partial charge in [-0.2, -0.15) is 0 Å². The summed E-state index contributed by atoms with van der Waals surface area (Å²) in [4.78, 5) is 62.2. The molecule has 12 nitrogen and oxygen atoms in total. The molecule has 1 N–H and O–H groups in total. The molecule has 0 amide bonds. The molecule has 0 radical (unpaired) electrons. The summed E-state index contributed by atoms with van der Waals surface area (Å²) in [5, 5.41) is 13.1. The Bertz CT molecular complexity index is 1560. The molecular formula is C30H30NO11-. The minimum atomic E-state index is -1.48. The molecule has 1 saturated heterocycles. The normalized spacial score (nSPS) is 21.8. The first-order chi connectivity index (χ1) is 19.9. The van der Waals surface area contributed by atoms with Crippen LogP contribution in [0.1, 0.15) is 32.8 Å². The predicted octanol–water partition coefficient (Wildman–Crippen LogP) is 1.79. The number of carbonyl (C=O) groups excluding carboxylic acids is 4. The number of benzene rings is 2. The van der Waals surface area contributed by atoms with Gasteiger partial charge in [0.25, 0.3) is 5.56 Å². The summed E-state index contributed by atoms with van der Waals surface area (Å²) in [6.07, 6.45) is -4.18. The zero-order valence-corrected chi connectivity index (χ0v) is 23.4. The van der Waals surface area contributed by atoms with E-state index in [0.29, 0.717) is 16.7 Å². The number of aromatic amines is 1. The number of ether oxygens (including phenoxy) is 5. The molecule has 5 unspecified atom stereocenters. The molecule has 5 atom stereocenters. The number of hydrogen-bond acceptors (Lipinski definition) is 11. The van der Waals surface area contributed by atoms with Crippen LogP contribution < -0.4 is 15.4 Å². The zero-order chi connectivity index (χ0) is 30.6. The van der Waals surface area contributed by atoms with Crippen molar-refractivity contribution in [3.63, 3.8) is 0 Å². The van der Waals surface area contributed by atoms with Crippen LogP contribution in [0.2, 0.25) is 0 Å². The van der Waals surface area contributed by atoms with E-state index < -0.39 is 60.8 Å². The topological polar surface area (TPSA) is 170 Å². The molecule has 0 spiro atoms. The van der Waals surface area contributed by atoms with Gasteiger partial charge < -0.3 is 38.6 Å². The highest BCUT2D eigenvalue weighted by Gasteiger charge is 2.51. The van der Waals surface area contributed by atoms with Crippen molar-refractivity contribution in [1.82, 2.24) is 4.98 Å². The number of aryl methyl sites for hydroxylation is 1. The molecule has 3 aromatic rings. The third kappa shape index (κ3) is 7.13. The van der Waals surface area contributed by atoms with Gasteiger partial charge in [-0.3, -0.25) is 19.2 Å². The van der Waals surface area contributed by atoms with Gasteiger partial charge in [0.05, 0.1) is 5.92 Å². The zero-order valence-electron chi connectivity index (χ0n) is 23.4. The van der Waals surface area contributed by atoms with Crippen molar-refractivity contribution in [2.75, 3.05) is 6.61 Å². The first-order valence-corrected chi connectivity index (χ1v) is 13.1. The number of aromatic nitrogens is 1. The maximum atomic E-state index is 12.3. The van der Waals surface area contributed by atoms with Crippen molar-refractivity contribution in [3.8, 4) is 16.9 Å². The van der Waals surface area contributed by atoms with E-state index in [1.165, 1.54) is 6.92 Å². The van der Waals surface area contributed by atoms with Gasteiger partial charge in [-0.05, 0) is 59.7 Å². The van der Waals surface area contributed by atoms with Crippen LogP contribution in [0.4, 0.5) is 0 Å². The molecule has 42 heavy (non-hydrogen) atoms. The minimum absolute atomic E-state index is 0.211. The second kappa shape index (κ2) is 12.9. The van der Waals surface area contributed by atoms with Crippen LogP contribution in [0.5, 0.6) is 5.75 Å². The van der Waals surface area contributed by atoms with Gasteiger partial charge in [-0.1, -0.05) is 18.2 Å². The van der Waals surface area contributed by atoms with E-state index in [1.54, 1.807) is 37.4 Å². The molecule has 0 saturated carbocycles. The van der Waals surface area contributed by atoms with Gasteiger partial charge in [0, 0.05) is 38.3 Å². The van der Waals surface area contributed by atoms with E-state index in [9.17, 15) is 29.1 Å². The summed E-state index contributed by atoms with van der Waals surface area (Å²) in [6.45, 7) is 4.81. The lowest BCUT2D eigenvalue weighted by atomic mass is 9.87. The van der Waals surface area contributed by atoms with E-state index in [0.717, 1.165) is 30.4 Å². The number of carboxylic acids is 1. The smallest absolute Gasteiger partial charge is 0.303 e. The first kappa shape index (κ1) is 30.3. The van der Waals surface area contributed by atoms with Gasteiger partial charge in [0.2, 0.25) is 6.29 Å². The molecule has 1 fully saturated rings. The van der Waals surface area contributed by atoms with Crippen LogP contribution in [0.15, 0.2) is 53.5 Å². The SMILES string of the molecule is CC(=O)OCC1OC(Oc2ccc(-c3ccc4cc[nH]c(=O)c4c3)cc2C)C(CC(=O)[O-])C(OC(C)=O)C1OC(C)=O. The third-order valence-electron chi connectivity index (χ3n) is 6.75. The maximum absolute atomic E-state index is 12.3. The highest BCUT2D eigenvalue weighted by molar-refractivity contribution is 5.86. The minimum Gasteiger partial charge on any atom is -0.550 e. The number of nitrogens with one attached hydrogen (secondary N) is 1. The fraction of sp³-hybridized carbons (Fsp3) is 0.367. The van der Waals surface area contributed by atoms with E-state index in [2.05, 4.69) is 4.98 Å². The highest BCUT2D eigenvalue weighted by Crippen LogP contribution is 2.36. The Hall–Kier alpha value is -4.71. The molecular weight excluding hydrogens is 550 g/mol. The van der Waals surface area contributed by atoms with Gasteiger partial charge in [0.1, 0.15) is 18.5 Å². The quantitative estimate of drug-likeness (QED) is 0.289. The number of rotatable bonds is 9. The molecule has 1 aromatic heterocycles. The summed E-state index contributed by atoms with van der Waals surface area (Å²) in [5.41, 5.74) is 2.02. The second-order valence-corrected chi connectivity index (χ2v) is 9.94. The lowest BCUT2D eigenvalue weighted by Crippen LogP contribution is -2.60. The molecule has 222 valence electrons. The van der Waals surface area contributed by atoms with Crippen molar-refractivity contribution in [2.24, 2.45) is 5.92 Å². The predicted molar refractivity (Wildman–Crippen MR) is 145 cm³/mol. The number of fused-ring (bicyclic) bond motifs is 1. The van der Waals surface area contributed by atoms with Crippen molar-refractivity contribution < 1.29 is 48.0 Å². The molecule has 0 bridgehead atoms. The Morgan fingerprint density at radius 2 is 1.57 bits per heavy atom. The monoisotopic (exact) mass is 580 g/mol. The number of esters is 3. The van der Waals surface area contributed by atoms with Crippen LogP contribution in [-0.4, -0.2) is 60.1 Å². The highest BCUT2D eigenvalue weighted by atomic mass is 16.7. The third-order valence-corrected chi connectivity index (χ3v) is 6.75. The molecule has 4 rings (SSSR count). The Balaban J connectivity index is 1.68. The van der Waals surface area contributed by atoms with Crippen molar-refractivity contribution >= 4 is 34.6 Å². The number of carbonyl (C=O) groups is 4. The van der Waals surface area contributed by atoms with Gasteiger partial charge in [0.15, 0.2) is 12.2 Å². The molecule has 2 aromatic carbocycles. The Kier molecular flexibility index (Phi) is 9.26. The number of carboxylic acid groups (broad SMARTS) is 1. The fourth-order valence-electron chi connectivity index (χ4n) is 4.94. The average molecular weight is 581 g/mol. The first-order valence-electron chi connectivity index (χ1n) is 13.1. The largest absolute Gasteiger partial charge is 0.550 e. The van der Waals surface area contributed by atoms with Crippen molar-refractivity contribution in [3.05, 3.63) is 64.6 Å². The lowest BCUT2D eigenvalue weighted by molar-refractivity contribution is -0.316. The summed E-state index contributed by atoms with van der Waals surface area (Å²) < 4.78 is 28.0. The summed E-state index contributed by atoms with van der Waals surface area (Å²) in [5.74, 6) is -4.47. The molecule has 1 aliphatic rings. The van der Waals surface area contributed by atoms with Crippen LogP contribution in [-0.2, 0) is 38.1 Å². The maximum Gasteiger partial charge on any atom is 0.303 e. The fourth-order valence-corrected chi connectivity index (χ4v) is 4.94. The van der Waals surface area contributed by atoms with Gasteiger partial charge in [-0.25, -0.2) is 0 Å². The van der Waals surface area contributed by atoms with Crippen molar-refractivity contribution in [1.29, 1.82) is 0 Å². The molecule has 2 heterocycles. The summed E-state index contributed by atoms with van der Waals surface area (Å²) >= 11 is 0. The van der Waals surface area contributed by atoms with Crippen LogP contribution >= 0.6 is 0 Å². The van der Waals surface area contributed by atoms with Gasteiger partial charge in [-0.15, -0.1) is 0 Å². The van der Waals surface area contributed by atoms with Crippen LogP contribution in [0.25, 0.3) is 21.9 Å². The van der Waals surface area contributed by atoms with Crippen LogP contribution in [0.3, 0.4) is 0 Å². The van der Waals surface area contributed by atoms with E-state index in [-0.39, 0.29) is 12.2 Å². The Labute approximate surface area is 240 Å². The summed E-state index contributed by atoms with van der Waals surface area (Å²) in [6, 6.07) is 12.6. The number of H-pyrrole nitrogens is 1. The number of pyridine rings is 1. The average Bonchev–Trinajstić information content (AvgIpc) is 2.91. The van der Waals surface area contributed by atoms with E-state index in [4.69, 9.17) is 23.7 Å². The Morgan fingerprint density at radius 3 is 2.21 bits per heavy atom.